The van der Waals surface area contributed by atoms with Crippen LogP contribution in [0.25, 0.3) is 0 Å². The number of hydrogen-bond donors (Lipinski definition) is 0. The van der Waals surface area contributed by atoms with Crippen LogP contribution in [-0.4, -0.2) is 0 Å². The molecule has 0 heteroatoms. The third-order valence-electron chi connectivity index (χ3n) is 3.55. The maximum absolute atomic E-state index is 2.26. The zero-order chi connectivity index (χ0) is 13.0. The Morgan fingerprint density at radius 2 is 0.895 bits per heavy atom. The SMILES string of the molecule is C1=CC=CC(c2ccccc2)(c2ccccc2)C=C1. The molecule has 2 aromatic carbocycles. The number of allylic oxidation sites excluding steroid dienone is 6. The third-order valence-corrected chi connectivity index (χ3v) is 3.55. The summed E-state index contributed by atoms with van der Waals surface area (Å²) in [5.41, 5.74) is 2.40. The minimum Gasteiger partial charge on any atom is -0.0658 e. The van der Waals surface area contributed by atoms with Gasteiger partial charge in [-0.1, -0.05) is 97.1 Å². The van der Waals surface area contributed by atoms with Crippen molar-refractivity contribution in [3.8, 4) is 0 Å². The molecule has 0 N–H and O–H groups in total. The van der Waals surface area contributed by atoms with Crippen molar-refractivity contribution in [1.82, 2.24) is 0 Å². The van der Waals surface area contributed by atoms with Crippen LogP contribution in [0, 0.1) is 0 Å². The van der Waals surface area contributed by atoms with Gasteiger partial charge in [-0.05, 0) is 11.1 Å². The van der Waals surface area contributed by atoms with Crippen molar-refractivity contribution >= 4 is 0 Å². The van der Waals surface area contributed by atoms with Crippen LogP contribution in [0.1, 0.15) is 11.1 Å². The van der Waals surface area contributed by atoms with Crippen molar-refractivity contribution in [1.29, 1.82) is 0 Å². The largest absolute Gasteiger partial charge is 0.0658 e. The molecule has 0 nitrogen and oxygen atoms in total. The van der Waals surface area contributed by atoms with E-state index in [0.717, 1.165) is 0 Å². The summed E-state index contributed by atoms with van der Waals surface area (Å²) in [4.78, 5) is 0. The van der Waals surface area contributed by atoms with E-state index in [1.165, 1.54) is 11.1 Å². The molecule has 0 atom stereocenters. The fourth-order valence-electron chi connectivity index (χ4n) is 2.58. The fourth-order valence-corrected chi connectivity index (χ4v) is 2.58. The number of hydrogen-bond acceptors (Lipinski definition) is 0. The van der Waals surface area contributed by atoms with Crippen LogP contribution in [-0.2, 0) is 5.41 Å². The second kappa shape index (κ2) is 5.11. The molecule has 0 saturated heterocycles. The Balaban J connectivity index is 2.22. The van der Waals surface area contributed by atoms with Gasteiger partial charge < -0.3 is 0 Å². The molecule has 19 heavy (non-hydrogen) atoms. The van der Waals surface area contributed by atoms with Crippen LogP contribution in [0.2, 0.25) is 0 Å². The first-order valence-electron chi connectivity index (χ1n) is 6.57. The van der Waals surface area contributed by atoms with E-state index >= 15 is 0 Å². The van der Waals surface area contributed by atoms with Crippen molar-refractivity contribution in [3.05, 3.63) is 108 Å². The number of benzene rings is 2. The lowest BCUT2D eigenvalue weighted by Crippen LogP contribution is -2.22. The predicted octanol–water partition coefficient (Wildman–Crippen LogP) is 4.65. The summed E-state index contributed by atoms with van der Waals surface area (Å²) in [5, 5.41) is 0. The van der Waals surface area contributed by atoms with E-state index in [2.05, 4.69) is 97.1 Å². The highest BCUT2D eigenvalue weighted by molar-refractivity contribution is 5.51. The molecule has 0 saturated carbocycles. The predicted molar refractivity (Wildman–Crippen MR) is 81.1 cm³/mol. The molecular weight excluding hydrogens is 228 g/mol. The van der Waals surface area contributed by atoms with Crippen molar-refractivity contribution < 1.29 is 0 Å². The first-order valence-corrected chi connectivity index (χ1v) is 6.57. The zero-order valence-corrected chi connectivity index (χ0v) is 10.7. The first-order chi connectivity index (χ1) is 9.42. The molecule has 1 aliphatic rings. The second-order valence-corrected chi connectivity index (χ2v) is 4.70. The standard InChI is InChI=1S/C19H16/c1-2-10-16-19(15-9-1,17-11-5-3-6-12-17)18-13-7-4-8-14-18/h1-16H. The summed E-state index contributed by atoms with van der Waals surface area (Å²) in [6.07, 6.45) is 12.9. The summed E-state index contributed by atoms with van der Waals surface area (Å²) in [6, 6.07) is 21.3. The van der Waals surface area contributed by atoms with Gasteiger partial charge in [-0.15, -0.1) is 0 Å². The maximum atomic E-state index is 2.26. The molecule has 0 amide bonds. The lowest BCUT2D eigenvalue weighted by Gasteiger charge is -2.28. The smallest absolute Gasteiger partial charge is 0.0568 e. The highest BCUT2D eigenvalue weighted by Gasteiger charge is 2.28. The minimum atomic E-state index is -0.175. The van der Waals surface area contributed by atoms with Crippen molar-refractivity contribution in [2.75, 3.05) is 0 Å². The summed E-state index contributed by atoms with van der Waals surface area (Å²) in [7, 11) is 0. The topological polar surface area (TPSA) is 0 Å². The summed E-state index contributed by atoms with van der Waals surface area (Å²) in [6.45, 7) is 0. The average molecular weight is 244 g/mol. The van der Waals surface area contributed by atoms with E-state index < -0.39 is 0 Å². The summed E-state index contributed by atoms with van der Waals surface area (Å²) >= 11 is 0. The molecule has 2 aromatic rings. The van der Waals surface area contributed by atoms with Gasteiger partial charge in [0.1, 0.15) is 0 Å². The molecule has 0 unspecified atom stereocenters. The highest BCUT2D eigenvalue weighted by Crippen LogP contribution is 2.36. The normalized spacial score (nSPS) is 16.2. The van der Waals surface area contributed by atoms with Crippen LogP contribution in [0.3, 0.4) is 0 Å². The Bertz CT molecular complexity index is 558. The Morgan fingerprint density at radius 1 is 0.474 bits per heavy atom. The van der Waals surface area contributed by atoms with E-state index in [1.807, 2.05) is 0 Å². The van der Waals surface area contributed by atoms with E-state index in [4.69, 9.17) is 0 Å². The average Bonchev–Trinajstić information content (AvgIpc) is 2.76. The van der Waals surface area contributed by atoms with E-state index in [9.17, 15) is 0 Å². The molecule has 0 fully saturated rings. The van der Waals surface area contributed by atoms with E-state index in [1.54, 1.807) is 0 Å². The zero-order valence-electron chi connectivity index (χ0n) is 10.7. The van der Waals surface area contributed by atoms with Crippen LogP contribution < -0.4 is 0 Å². The van der Waals surface area contributed by atoms with Gasteiger partial charge in [-0.2, -0.15) is 0 Å². The van der Waals surface area contributed by atoms with Crippen molar-refractivity contribution in [2.24, 2.45) is 0 Å². The second-order valence-electron chi connectivity index (χ2n) is 4.70. The van der Waals surface area contributed by atoms with Gasteiger partial charge in [0, 0.05) is 0 Å². The Hall–Kier alpha value is -2.34. The fraction of sp³-hybridized carbons (Fsp3) is 0.0526. The molecule has 0 radical (unpaired) electrons. The van der Waals surface area contributed by atoms with Crippen LogP contribution in [0.4, 0.5) is 0 Å². The molecule has 0 aromatic heterocycles. The minimum absolute atomic E-state index is 0.175. The van der Waals surface area contributed by atoms with Gasteiger partial charge in [-0.25, -0.2) is 0 Å². The summed E-state index contributed by atoms with van der Waals surface area (Å²) in [5.74, 6) is 0. The van der Waals surface area contributed by atoms with Crippen LogP contribution >= 0.6 is 0 Å². The van der Waals surface area contributed by atoms with Gasteiger partial charge in [0.15, 0.2) is 0 Å². The van der Waals surface area contributed by atoms with E-state index in [-0.39, 0.29) is 5.41 Å². The van der Waals surface area contributed by atoms with Gasteiger partial charge in [0.2, 0.25) is 0 Å². The third kappa shape index (κ3) is 2.17. The first kappa shape index (κ1) is 11.7. The number of rotatable bonds is 2. The van der Waals surface area contributed by atoms with Gasteiger partial charge in [0.25, 0.3) is 0 Å². The molecule has 0 bridgehead atoms. The Kier molecular flexibility index (Phi) is 3.16. The monoisotopic (exact) mass is 244 g/mol. The molecule has 1 aliphatic carbocycles. The summed E-state index contributed by atoms with van der Waals surface area (Å²) < 4.78 is 0. The molecule has 0 aliphatic heterocycles. The van der Waals surface area contributed by atoms with Crippen molar-refractivity contribution in [3.63, 3.8) is 0 Å². The molecule has 0 spiro atoms. The lowest BCUT2D eigenvalue weighted by molar-refractivity contribution is 0.816. The lowest BCUT2D eigenvalue weighted by atomic mass is 9.74. The Labute approximate surface area is 114 Å². The van der Waals surface area contributed by atoms with Gasteiger partial charge in [0.05, 0.1) is 5.41 Å². The van der Waals surface area contributed by atoms with Crippen molar-refractivity contribution in [2.45, 2.75) is 5.41 Å². The maximum Gasteiger partial charge on any atom is 0.0568 e. The van der Waals surface area contributed by atoms with Gasteiger partial charge in [-0.3, -0.25) is 0 Å². The van der Waals surface area contributed by atoms with Gasteiger partial charge >= 0.3 is 0 Å². The molecule has 0 heterocycles. The Morgan fingerprint density at radius 3 is 1.32 bits per heavy atom. The quantitative estimate of drug-likeness (QED) is 0.721. The highest BCUT2D eigenvalue weighted by atomic mass is 14.3. The van der Waals surface area contributed by atoms with Crippen LogP contribution in [0.15, 0.2) is 97.1 Å². The van der Waals surface area contributed by atoms with E-state index in [0.29, 0.717) is 0 Å². The molecule has 92 valence electrons. The molecule has 3 rings (SSSR count). The van der Waals surface area contributed by atoms with Crippen LogP contribution in [0.5, 0.6) is 0 Å². The molecular formula is C19H16.